The average molecular weight is 529 g/mol. The average Bonchev–Trinajstić information content (AvgIpc) is 3.18. The van der Waals surface area contributed by atoms with Crippen molar-refractivity contribution in [1.82, 2.24) is 24.2 Å². The van der Waals surface area contributed by atoms with E-state index in [1.54, 1.807) is 35.0 Å². The van der Waals surface area contributed by atoms with Crippen molar-refractivity contribution in [2.45, 2.75) is 11.3 Å². The van der Waals surface area contributed by atoms with E-state index in [9.17, 15) is 8.42 Å². The van der Waals surface area contributed by atoms with Gasteiger partial charge in [-0.2, -0.15) is 9.61 Å². The van der Waals surface area contributed by atoms with Gasteiger partial charge in [0.25, 0.3) is 0 Å². The molecule has 4 rings (SSSR count). The number of nitrogens with one attached hydrogen (secondary N) is 2. The molecule has 0 spiro atoms. The van der Waals surface area contributed by atoms with E-state index in [2.05, 4.69) is 31.1 Å². The van der Waals surface area contributed by atoms with E-state index < -0.39 is 10.0 Å². The minimum Gasteiger partial charge on any atom is -0.340 e. The van der Waals surface area contributed by atoms with Crippen molar-refractivity contribution < 1.29 is 8.42 Å². The first kappa shape index (κ1) is 23.4. The van der Waals surface area contributed by atoms with Crippen molar-refractivity contribution in [3.63, 3.8) is 0 Å². The van der Waals surface area contributed by atoms with E-state index in [1.165, 1.54) is 0 Å². The van der Waals surface area contributed by atoms with Crippen LogP contribution >= 0.6 is 15.9 Å². The predicted molar refractivity (Wildman–Crippen MR) is 134 cm³/mol. The van der Waals surface area contributed by atoms with Crippen LogP contribution in [0.5, 0.6) is 0 Å². The Morgan fingerprint density at radius 2 is 1.79 bits per heavy atom. The summed E-state index contributed by atoms with van der Waals surface area (Å²) in [7, 11) is 0.368. The highest BCUT2D eigenvalue weighted by atomic mass is 79.9. The molecule has 2 N–H and O–H groups in total. The van der Waals surface area contributed by atoms with Crippen LogP contribution in [0.15, 0.2) is 76.2 Å². The normalized spacial score (nSPS) is 11.9. The Bertz CT molecular complexity index is 1340. The summed E-state index contributed by atoms with van der Waals surface area (Å²) in [4.78, 5) is 6.97. The number of anilines is 2. The lowest BCUT2D eigenvalue weighted by Gasteiger charge is -2.12. The quantitative estimate of drug-likeness (QED) is 0.317. The molecule has 0 unspecified atom stereocenters. The summed E-state index contributed by atoms with van der Waals surface area (Å²) in [5.74, 6) is 0.710. The molecule has 0 saturated heterocycles. The zero-order valence-electron chi connectivity index (χ0n) is 18.4. The van der Waals surface area contributed by atoms with Crippen molar-refractivity contribution >= 4 is 43.1 Å². The van der Waals surface area contributed by atoms with Crippen LogP contribution in [0.25, 0.3) is 16.9 Å². The predicted octanol–water partition coefficient (Wildman–Crippen LogP) is 4.13. The summed E-state index contributed by atoms with van der Waals surface area (Å²) in [5.41, 5.74) is 3.20. The van der Waals surface area contributed by atoms with Crippen LogP contribution in [0.1, 0.15) is 6.42 Å². The van der Waals surface area contributed by atoms with Gasteiger partial charge in [-0.15, -0.1) is 0 Å². The second kappa shape index (κ2) is 10.0. The van der Waals surface area contributed by atoms with Crippen LogP contribution in [0, 0.1) is 0 Å². The molecule has 8 nitrogen and oxygen atoms in total. The van der Waals surface area contributed by atoms with Gasteiger partial charge in [-0.1, -0.05) is 30.3 Å². The van der Waals surface area contributed by atoms with E-state index in [0.29, 0.717) is 18.0 Å². The maximum absolute atomic E-state index is 12.6. The minimum atomic E-state index is -3.55. The van der Waals surface area contributed by atoms with E-state index in [1.807, 2.05) is 55.4 Å². The molecule has 0 saturated carbocycles. The monoisotopic (exact) mass is 528 g/mol. The van der Waals surface area contributed by atoms with Gasteiger partial charge in [0.2, 0.25) is 10.0 Å². The van der Waals surface area contributed by atoms with Gasteiger partial charge in [-0.25, -0.2) is 18.1 Å². The van der Waals surface area contributed by atoms with Crippen molar-refractivity contribution in [3.05, 3.63) is 71.3 Å². The molecule has 0 bridgehead atoms. The van der Waals surface area contributed by atoms with Crippen LogP contribution in [0.2, 0.25) is 0 Å². The molecule has 0 aliphatic rings. The number of nitrogens with zero attached hydrogens (tertiary/aromatic N) is 4. The molecule has 172 valence electrons. The van der Waals surface area contributed by atoms with Gasteiger partial charge in [0.1, 0.15) is 5.82 Å². The molecule has 4 aromatic rings. The largest absolute Gasteiger partial charge is 0.340 e. The highest BCUT2D eigenvalue weighted by Crippen LogP contribution is 2.28. The molecule has 0 fully saturated rings. The number of fused-ring (bicyclic) bond motifs is 1. The van der Waals surface area contributed by atoms with Crippen LogP contribution in [-0.4, -0.2) is 55.1 Å². The molecule has 0 aliphatic carbocycles. The fourth-order valence-electron chi connectivity index (χ4n) is 3.33. The molecule has 0 aliphatic heterocycles. The first-order chi connectivity index (χ1) is 15.8. The van der Waals surface area contributed by atoms with E-state index in [0.717, 1.165) is 34.4 Å². The molecule has 33 heavy (non-hydrogen) atoms. The Morgan fingerprint density at radius 1 is 1.06 bits per heavy atom. The van der Waals surface area contributed by atoms with Gasteiger partial charge in [-0.05, 0) is 67.3 Å². The van der Waals surface area contributed by atoms with Crippen LogP contribution in [-0.2, 0) is 10.0 Å². The maximum atomic E-state index is 12.6. The molecular formula is C23H25BrN6O2S. The van der Waals surface area contributed by atoms with Crippen molar-refractivity contribution in [2.75, 3.05) is 32.5 Å². The third-order valence-electron chi connectivity index (χ3n) is 5.01. The first-order valence-electron chi connectivity index (χ1n) is 10.4. The molecule has 0 radical (unpaired) electrons. The zero-order chi connectivity index (χ0) is 23.4. The zero-order valence-corrected chi connectivity index (χ0v) is 20.8. The number of hydrogen-bond donors (Lipinski definition) is 2. The smallest absolute Gasteiger partial charge is 0.240 e. The van der Waals surface area contributed by atoms with E-state index in [-0.39, 0.29) is 4.90 Å². The summed E-state index contributed by atoms with van der Waals surface area (Å²) < 4.78 is 30.2. The van der Waals surface area contributed by atoms with Crippen LogP contribution in [0.4, 0.5) is 11.5 Å². The topological polar surface area (TPSA) is 91.6 Å². The SMILES string of the molecule is CN(C)CCCNS(=O)(=O)c1ccc(Nc2cc(-c3ccccc3)nc3c(Br)cnn23)cc1. The summed E-state index contributed by atoms with van der Waals surface area (Å²) in [6, 6.07) is 18.5. The third kappa shape index (κ3) is 5.59. The number of benzene rings is 2. The van der Waals surface area contributed by atoms with Gasteiger partial charge in [-0.3, -0.25) is 0 Å². The summed E-state index contributed by atoms with van der Waals surface area (Å²) in [6.07, 6.45) is 2.44. The second-order valence-electron chi connectivity index (χ2n) is 7.82. The minimum absolute atomic E-state index is 0.226. The summed E-state index contributed by atoms with van der Waals surface area (Å²) in [5, 5.41) is 7.73. The lowest BCUT2D eigenvalue weighted by Crippen LogP contribution is -2.27. The molecular weight excluding hydrogens is 504 g/mol. The molecule has 2 aromatic carbocycles. The number of halogens is 1. The Hall–Kier alpha value is -2.79. The van der Waals surface area contributed by atoms with Crippen molar-refractivity contribution in [1.29, 1.82) is 0 Å². The highest BCUT2D eigenvalue weighted by Gasteiger charge is 2.15. The Balaban J connectivity index is 1.56. The number of sulfonamides is 1. The molecule has 10 heteroatoms. The van der Waals surface area contributed by atoms with Gasteiger partial charge < -0.3 is 10.2 Å². The van der Waals surface area contributed by atoms with Crippen molar-refractivity contribution in [2.24, 2.45) is 0 Å². The molecule has 2 heterocycles. The van der Waals surface area contributed by atoms with Gasteiger partial charge in [0.15, 0.2) is 5.65 Å². The summed E-state index contributed by atoms with van der Waals surface area (Å²) in [6.45, 7) is 1.21. The van der Waals surface area contributed by atoms with Crippen molar-refractivity contribution in [3.8, 4) is 11.3 Å². The second-order valence-corrected chi connectivity index (χ2v) is 10.4. The lowest BCUT2D eigenvalue weighted by molar-refractivity contribution is 0.400. The van der Waals surface area contributed by atoms with Crippen LogP contribution < -0.4 is 10.0 Å². The van der Waals surface area contributed by atoms with Gasteiger partial charge >= 0.3 is 0 Å². The Kier molecular flexibility index (Phi) is 7.08. The Morgan fingerprint density at radius 3 is 2.48 bits per heavy atom. The highest BCUT2D eigenvalue weighted by molar-refractivity contribution is 9.10. The summed E-state index contributed by atoms with van der Waals surface area (Å²) >= 11 is 3.51. The molecule has 2 aromatic heterocycles. The first-order valence-corrected chi connectivity index (χ1v) is 12.7. The van der Waals surface area contributed by atoms with E-state index >= 15 is 0 Å². The third-order valence-corrected chi connectivity index (χ3v) is 7.05. The molecule has 0 amide bonds. The van der Waals surface area contributed by atoms with Gasteiger partial charge in [0.05, 0.1) is 21.3 Å². The lowest BCUT2D eigenvalue weighted by atomic mass is 10.1. The number of hydrogen-bond acceptors (Lipinski definition) is 6. The fourth-order valence-corrected chi connectivity index (χ4v) is 4.75. The number of aromatic nitrogens is 3. The fraction of sp³-hybridized carbons (Fsp3) is 0.217. The Labute approximate surface area is 201 Å². The van der Waals surface area contributed by atoms with Gasteiger partial charge in [0, 0.05) is 23.9 Å². The maximum Gasteiger partial charge on any atom is 0.240 e. The molecule has 0 atom stereocenters. The van der Waals surface area contributed by atoms with Crippen LogP contribution in [0.3, 0.4) is 0 Å². The number of rotatable bonds is 9. The van der Waals surface area contributed by atoms with E-state index in [4.69, 9.17) is 4.98 Å². The standard InChI is InChI=1S/C23H25BrN6O2S/c1-29(2)14-6-13-26-33(31,32)19-11-9-18(10-12-19)27-22-15-21(17-7-4-3-5-8-17)28-23-20(24)16-25-30(22)23/h3-5,7-12,15-16,26-27H,6,13-14H2,1-2H3.